The number of rotatable bonds is 9. The maximum Gasteiger partial charge on any atom is 0.254 e. The Hall–Kier alpha value is -2.41. The molecule has 180 valence electrons. The molecule has 3 rings (SSSR count). The van der Waals surface area contributed by atoms with Gasteiger partial charge in [0.05, 0.1) is 16.6 Å². The standard InChI is InChI=1S/C26H27Cl2FN2O2S/c1-4-18(3)31(26(33)20-7-10-22(27)23(28)13-20)16-25(32)30(15-24-17(2)11-12-34-24)14-19-5-8-21(29)9-6-19/h5-13,18H,4,14-16H2,1-3H3. The van der Waals surface area contributed by atoms with Crippen molar-refractivity contribution in [3.63, 3.8) is 0 Å². The summed E-state index contributed by atoms with van der Waals surface area (Å²) in [7, 11) is 0. The van der Waals surface area contributed by atoms with E-state index in [9.17, 15) is 14.0 Å². The van der Waals surface area contributed by atoms with E-state index in [0.717, 1.165) is 16.0 Å². The van der Waals surface area contributed by atoms with Crippen molar-refractivity contribution in [1.82, 2.24) is 9.80 Å². The number of carbonyl (C=O) groups is 2. The largest absolute Gasteiger partial charge is 0.332 e. The van der Waals surface area contributed by atoms with Crippen molar-refractivity contribution in [2.24, 2.45) is 0 Å². The molecule has 1 unspecified atom stereocenters. The molecule has 0 aliphatic heterocycles. The van der Waals surface area contributed by atoms with E-state index >= 15 is 0 Å². The molecule has 1 atom stereocenters. The predicted octanol–water partition coefficient (Wildman–Crippen LogP) is 6.97. The third-order valence-corrected chi connectivity index (χ3v) is 7.54. The van der Waals surface area contributed by atoms with Crippen LogP contribution >= 0.6 is 34.5 Å². The van der Waals surface area contributed by atoms with Gasteiger partial charge in [0.2, 0.25) is 5.91 Å². The Bertz CT molecular complexity index is 1150. The number of thiophene rings is 1. The molecule has 3 aromatic rings. The zero-order chi connectivity index (χ0) is 24.8. The van der Waals surface area contributed by atoms with Crippen molar-refractivity contribution in [2.75, 3.05) is 6.54 Å². The first-order valence-corrected chi connectivity index (χ1v) is 12.6. The highest BCUT2D eigenvalue weighted by atomic mass is 35.5. The van der Waals surface area contributed by atoms with Crippen molar-refractivity contribution in [3.05, 3.63) is 91.3 Å². The molecular weight excluding hydrogens is 494 g/mol. The summed E-state index contributed by atoms with van der Waals surface area (Å²) in [6.45, 7) is 6.53. The minimum absolute atomic E-state index is 0.0836. The lowest BCUT2D eigenvalue weighted by Gasteiger charge is -2.31. The summed E-state index contributed by atoms with van der Waals surface area (Å²) >= 11 is 13.7. The van der Waals surface area contributed by atoms with E-state index in [1.807, 2.05) is 32.2 Å². The van der Waals surface area contributed by atoms with Crippen molar-refractivity contribution in [2.45, 2.75) is 46.3 Å². The monoisotopic (exact) mass is 520 g/mol. The lowest BCUT2D eigenvalue weighted by atomic mass is 10.1. The van der Waals surface area contributed by atoms with E-state index in [1.165, 1.54) is 18.2 Å². The molecule has 0 bridgehead atoms. The van der Waals surface area contributed by atoms with Crippen LogP contribution < -0.4 is 0 Å². The zero-order valence-electron chi connectivity index (χ0n) is 19.4. The van der Waals surface area contributed by atoms with Gasteiger partial charge >= 0.3 is 0 Å². The van der Waals surface area contributed by atoms with Crippen molar-refractivity contribution < 1.29 is 14.0 Å². The summed E-state index contributed by atoms with van der Waals surface area (Å²) in [5, 5.41) is 2.64. The number of hydrogen-bond donors (Lipinski definition) is 0. The average Bonchev–Trinajstić information content (AvgIpc) is 3.23. The van der Waals surface area contributed by atoms with Crippen LogP contribution in [0.3, 0.4) is 0 Å². The Morgan fingerprint density at radius 1 is 1.03 bits per heavy atom. The van der Waals surface area contributed by atoms with Crippen molar-refractivity contribution in [3.8, 4) is 0 Å². The fourth-order valence-electron chi connectivity index (χ4n) is 3.47. The van der Waals surface area contributed by atoms with Gasteiger partial charge in [0.15, 0.2) is 0 Å². The minimum atomic E-state index is -0.328. The van der Waals surface area contributed by atoms with E-state index in [1.54, 1.807) is 45.4 Å². The van der Waals surface area contributed by atoms with Gasteiger partial charge in [0, 0.05) is 23.0 Å². The van der Waals surface area contributed by atoms with Gasteiger partial charge in [0.1, 0.15) is 12.4 Å². The highest BCUT2D eigenvalue weighted by Crippen LogP contribution is 2.25. The lowest BCUT2D eigenvalue weighted by Crippen LogP contribution is -2.46. The third-order valence-electron chi connectivity index (χ3n) is 5.80. The predicted molar refractivity (Wildman–Crippen MR) is 137 cm³/mol. The van der Waals surface area contributed by atoms with Crippen LogP contribution in [0, 0.1) is 12.7 Å². The number of hydrogen-bond acceptors (Lipinski definition) is 3. The number of carbonyl (C=O) groups excluding carboxylic acids is 2. The quantitative estimate of drug-likeness (QED) is 0.305. The Kier molecular flexibility index (Phi) is 9.11. The number of aryl methyl sites for hydroxylation is 1. The van der Waals surface area contributed by atoms with E-state index in [-0.39, 0.29) is 35.2 Å². The second-order valence-electron chi connectivity index (χ2n) is 8.22. The molecule has 0 saturated carbocycles. The number of benzene rings is 2. The molecule has 0 fully saturated rings. The molecule has 0 radical (unpaired) electrons. The number of halogens is 3. The van der Waals surface area contributed by atoms with Crippen LogP contribution in [0.15, 0.2) is 53.9 Å². The highest BCUT2D eigenvalue weighted by Gasteiger charge is 2.26. The van der Waals surface area contributed by atoms with Crippen molar-refractivity contribution in [1.29, 1.82) is 0 Å². The minimum Gasteiger partial charge on any atom is -0.332 e. The molecule has 0 aliphatic rings. The van der Waals surface area contributed by atoms with Crippen molar-refractivity contribution >= 4 is 46.4 Å². The van der Waals surface area contributed by atoms with Gasteiger partial charge in [0.25, 0.3) is 5.91 Å². The molecule has 2 aromatic carbocycles. The Morgan fingerprint density at radius 3 is 2.32 bits per heavy atom. The van der Waals surface area contributed by atoms with Gasteiger partial charge in [-0.15, -0.1) is 11.3 Å². The summed E-state index contributed by atoms with van der Waals surface area (Å²) in [6.07, 6.45) is 0.683. The zero-order valence-corrected chi connectivity index (χ0v) is 21.7. The van der Waals surface area contributed by atoms with E-state index in [4.69, 9.17) is 23.2 Å². The fourth-order valence-corrected chi connectivity index (χ4v) is 4.69. The molecular formula is C26H27Cl2FN2O2S. The summed E-state index contributed by atoms with van der Waals surface area (Å²) in [5.74, 6) is -0.799. The summed E-state index contributed by atoms with van der Waals surface area (Å²) in [4.78, 5) is 31.3. The van der Waals surface area contributed by atoms with E-state index in [2.05, 4.69) is 0 Å². The second-order valence-corrected chi connectivity index (χ2v) is 10.0. The Labute approximate surface area is 213 Å². The summed E-state index contributed by atoms with van der Waals surface area (Å²) in [5.41, 5.74) is 2.30. The summed E-state index contributed by atoms with van der Waals surface area (Å²) < 4.78 is 13.4. The van der Waals surface area contributed by atoms with Gasteiger partial charge < -0.3 is 9.80 Å². The third kappa shape index (κ3) is 6.59. The highest BCUT2D eigenvalue weighted by molar-refractivity contribution is 7.10. The van der Waals surface area contributed by atoms with Gasteiger partial charge in [-0.05, 0) is 73.2 Å². The van der Waals surface area contributed by atoms with Crippen LogP contribution in [0.1, 0.15) is 46.6 Å². The van der Waals surface area contributed by atoms with Gasteiger partial charge in [-0.2, -0.15) is 0 Å². The molecule has 8 heteroatoms. The van der Waals surface area contributed by atoms with Gasteiger partial charge in [-0.25, -0.2) is 4.39 Å². The molecule has 1 heterocycles. The maximum absolute atomic E-state index is 13.6. The van der Waals surface area contributed by atoms with Crippen LogP contribution in [-0.2, 0) is 17.9 Å². The van der Waals surface area contributed by atoms with E-state index in [0.29, 0.717) is 30.1 Å². The number of amides is 2. The molecule has 0 spiro atoms. The van der Waals surface area contributed by atoms with Crippen LogP contribution in [-0.4, -0.2) is 34.2 Å². The molecule has 0 aliphatic carbocycles. The summed E-state index contributed by atoms with van der Waals surface area (Å²) in [6, 6.07) is 12.7. The van der Waals surface area contributed by atoms with Crippen LogP contribution in [0.2, 0.25) is 10.0 Å². The van der Waals surface area contributed by atoms with Crippen LogP contribution in [0.25, 0.3) is 0 Å². The molecule has 2 amide bonds. The first-order valence-electron chi connectivity index (χ1n) is 11.0. The second kappa shape index (κ2) is 11.8. The number of nitrogens with zero attached hydrogens (tertiary/aromatic N) is 2. The maximum atomic E-state index is 13.6. The molecule has 1 aromatic heterocycles. The van der Waals surface area contributed by atoms with Gasteiger partial charge in [-0.3, -0.25) is 9.59 Å². The SMILES string of the molecule is CCC(C)N(CC(=O)N(Cc1ccc(F)cc1)Cc1sccc1C)C(=O)c1ccc(Cl)c(Cl)c1. The fraction of sp³-hybridized carbons (Fsp3) is 0.308. The Balaban J connectivity index is 1.86. The van der Waals surface area contributed by atoms with E-state index < -0.39 is 0 Å². The normalized spacial score (nSPS) is 11.8. The lowest BCUT2D eigenvalue weighted by molar-refractivity contribution is -0.133. The smallest absolute Gasteiger partial charge is 0.254 e. The van der Waals surface area contributed by atoms with Gasteiger partial charge in [-0.1, -0.05) is 42.3 Å². The topological polar surface area (TPSA) is 40.6 Å². The molecule has 34 heavy (non-hydrogen) atoms. The van der Waals surface area contributed by atoms with Crippen LogP contribution in [0.5, 0.6) is 0 Å². The molecule has 0 N–H and O–H groups in total. The first kappa shape index (κ1) is 26.2. The Morgan fingerprint density at radius 2 is 1.74 bits per heavy atom. The molecule has 4 nitrogen and oxygen atoms in total. The average molecular weight is 521 g/mol. The first-order chi connectivity index (χ1) is 16.2. The van der Waals surface area contributed by atoms with Crippen LogP contribution in [0.4, 0.5) is 4.39 Å². The molecule has 0 saturated heterocycles.